The molecule has 0 unspecified atom stereocenters. The molecule has 0 aliphatic heterocycles. The molecule has 0 fully saturated rings. The number of hydrogen-bond acceptors (Lipinski definition) is 4. The van der Waals surface area contributed by atoms with Gasteiger partial charge in [0.2, 0.25) is 0 Å². The number of benzene rings is 1. The number of nitrogens with zero attached hydrogens (tertiary/aromatic N) is 3. The highest BCUT2D eigenvalue weighted by molar-refractivity contribution is 6.42. The molecule has 2 aromatic rings. The van der Waals surface area contributed by atoms with E-state index in [-0.39, 0.29) is 11.1 Å². The second-order valence-corrected chi connectivity index (χ2v) is 5.23. The summed E-state index contributed by atoms with van der Waals surface area (Å²) in [6.45, 7) is 4.15. The van der Waals surface area contributed by atoms with Crippen LogP contribution in [-0.2, 0) is 0 Å². The molecule has 1 N–H and O–H groups in total. The van der Waals surface area contributed by atoms with Gasteiger partial charge in [-0.05, 0) is 11.5 Å². The summed E-state index contributed by atoms with van der Waals surface area (Å²) in [4.78, 5) is 0. The normalized spacial score (nSPS) is 11.8. The Bertz CT molecular complexity index is 612. The molecule has 0 saturated heterocycles. The quantitative estimate of drug-likeness (QED) is 0.678. The zero-order valence-corrected chi connectivity index (χ0v) is 12.7. The van der Waals surface area contributed by atoms with Crippen molar-refractivity contribution >= 4 is 34.6 Å². The van der Waals surface area contributed by atoms with E-state index in [9.17, 15) is 0 Å². The lowest BCUT2D eigenvalue weighted by Gasteiger charge is -2.11. The van der Waals surface area contributed by atoms with Gasteiger partial charge in [-0.2, -0.15) is 10.2 Å². The van der Waals surface area contributed by atoms with Crippen molar-refractivity contribution in [3.63, 3.8) is 0 Å². The maximum Gasteiger partial charge on any atom is 0.172 e. The average Bonchev–Trinajstić information content (AvgIpc) is 2.44. The van der Waals surface area contributed by atoms with Crippen molar-refractivity contribution in [1.29, 1.82) is 0 Å². The Labute approximate surface area is 127 Å². The second-order valence-electron chi connectivity index (χ2n) is 4.49. The van der Waals surface area contributed by atoms with Gasteiger partial charge in [0.05, 0.1) is 17.6 Å². The third kappa shape index (κ3) is 3.46. The highest BCUT2D eigenvalue weighted by Gasteiger charge is 2.10. The molecule has 1 aromatic heterocycles. The molecule has 0 aliphatic rings. The van der Waals surface area contributed by atoms with Crippen LogP contribution in [0.3, 0.4) is 0 Å². The molecule has 20 heavy (non-hydrogen) atoms. The Hall–Kier alpha value is -1.65. The average molecular weight is 309 g/mol. The van der Waals surface area contributed by atoms with Crippen LogP contribution in [-0.4, -0.2) is 15.9 Å². The van der Waals surface area contributed by atoms with E-state index >= 15 is 0 Å². The zero-order chi connectivity index (χ0) is 14.5. The lowest BCUT2D eigenvalue weighted by atomic mass is 10.0. The maximum atomic E-state index is 6.04. The fourth-order valence-corrected chi connectivity index (χ4v) is 1.96. The molecule has 2 rings (SSSR count). The van der Waals surface area contributed by atoms with Crippen LogP contribution >= 0.6 is 23.2 Å². The molecule has 0 aliphatic carbocycles. The summed E-state index contributed by atoms with van der Waals surface area (Å²) < 4.78 is 0. The minimum Gasteiger partial charge on any atom is -0.275 e. The van der Waals surface area contributed by atoms with Crippen LogP contribution in [0.15, 0.2) is 41.6 Å². The Kier molecular flexibility index (Phi) is 4.93. The third-order valence-corrected chi connectivity index (χ3v) is 3.41. The van der Waals surface area contributed by atoms with Gasteiger partial charge in [-0.1, -0.05) is 67.4 Å². The molecule has 1 heterocycles. The Morgan fingerprint density at radius 1 is 1.20 bits per heavy atom. The minimum absolute atomic E-state index is 0.151. The first-order chi connectivity index (χ1) is 9.59. The molecule has 0 atom stereocenters. The molecule has 0 saturated carbocycles. The lowest BCUT2D eigenvalue weighted by molar-refractivity contribution is 0.880. The van der Waals surface area contributed by atoms with Gasteiger partial charge in [0.15, 0.2) is 5.15 Å². The molecule has 6 heteroatoms. The van der Waals surface area contributed by atoms with E-state index in [2.05, 4.69) is 34.6 Å². The van der Waals surface area contributed by atoms with Gasteiger partial charge in [0, 0.05) is 0 Å². The maximum absolute atomic E-state index is 6.04. The van der Waals surface area contributed by atoms with Crippen LogP contribution in [0.4, 0.5) is 5.69 Å². The number of halogens is 2. The fraction of sp³-hybridized carbons (Fsp3) is 0.214. The Morgan fingerprint density at radius 3 is 2.55 bits per heavy atom. The Balaban J connectivity index is 2.29. The van der Waals surface area contributed by atoms with E-state index in [0.29, 0.717) is 10.7 Å². The smallest absolute Gasteiger partial charge is 0.172 e. The summed E-state index contributed by atoms with van der Waals surface area (Å²) in [7, 11) is 0. The molecule has 4 nitrogen and oxygen atoms in total. The van der Waals surface area contributed by atoms with E-state index in [1.165, 1.54) is 6.20 Å². The fourth-order valence-electron chi connectivity index (χ4n) is 1.68. The van der Waals surface area contributed by atoms with Gasteiger partial charge in [-0.3, -0.25) is 5.43 Å². The third-order valence-electron chi connectivity index (χ3n) is 2.66. The summed E-state index contributed by atoms with van der Waals surface area (Å²) in [5, 5.41) is 12.3. The number of nitrogens with one attached hydrogen (secondary N) is 1. The highest BCUT2D eigenvalue weighted by Crippen LogP contribution is 2.26. The largest absolute Gasteiger partial charge is 0.275 e. The van der Waals surface area contributed by atoms with Crippen LogP contribution in [0, 0.1) is 5.92 Å². The second kappa shape index (κ2) is 6.68. The Morgan fingerprint density at radius 2 is 1.90 bits per heavy atom. The first-order valence-electron chi connectivity index (χ1n) is 6.15. The summed E-state index contributed by atoms with van der Waals surface area (Å²) in [6.07, 6.45) is 1.49. The van der Waals surface area contributed by atoms with E-state index in [4.69, 9.17) is 23.2 Å². The van der Waals surface area contributed by atoms with Gasteiger partial charge in [-0.15, -0.1) is 5.10 Å². The number of rotatable bonds is 4. The number of hydrogen-bond donors (Lipinski definition) is 1. The summed E-state index contributed by atoms with van der Waals surface area (Å²) in [6, 6.07) is 9.95. The van der Waals surface area contributed by atoms with Crippen LogP contribution in [0.2, 0.25) is 10.2 Å². The zero-order valence-electron chi connectivity index (χ0n) is 11.1. The predicted octanol–water partition coefficient (Wildman–Crippen LogP) is 4.26. The molecule has 0 amide bonds. The van der Waals surface area contributed by atoms with E-state index in [1.54, 1.807) is 0 Å². The predicted molar refractivity (Wildman–Crippen MR) is 83.5 cm³/mol. The molecule has 0 radical (unpaired) electrons. The standard InChI is InChI=1S/C14H14Cl2N4/c1-9(2)13(10-6-4-3-5-7-10)19-18-11-8-17-20-14(16)12(11)15/h3-9H,1-2H3,(H,18,20)/b19-13+. The van der Waals surface area contributed by atoms with Gasteiger partial charge >= 0.3 is 0 Å². The molecule has 0 spiro atoms. The van der Waals surface area contributed by atoms with E-state index in [1.807, 2.05) is 30.3 Å². The topological polar surface area (TPSA) is 50.2 Å². The summed E-state index contributed by atoms with van der Waals surface area (Å²) in [5.41, 5.74) is 5.41. The van der Waals surface area contributed by atoms with Crippen LogP contribution in [0.5, 0.6) is 0 Å². The molecular weight excluding hydrogens is 295 g/mol. The first-order valence-corrected chi connectivity index (χ1v) is 6.91. The minimum atomic E-state index is 0.151. The van der Waals surface area contributed by atoms with Crippen LogP contribution < -0.4 is 5.43 Å². The number of anilines is 1. The van der Waals surface area contributed by atoms with Crippen molar-refractivity contribution in [2.24, 2.45) is 11.0 Å². The van der Waals surface area contributed by atoms with E-state index < -0.39 is 0 Å². The first kappa shape index (κ1) is 14.8. The van der Waals surface area contributed by atoms with Crippen molar-refractivity contribution in [2.45, 2.75) is 13.8 Å². The van der Waals surface area contributed by atoms with E-state index in [0.717, 1.165) is 11.3 Å². The van der Waals surface area contributed by atoms with Gasteiger partial charge in [0.1, 0.15) is 5.02 Å². The van der Waals surface area contributed by atoms with Crippen molar-refractivity contribution in [3.8, 4) is 0 Å². The molecule has 1 aromatic carbocycles. The number of aromatic nitrogens is 2. The van der Waals surface area contributed by atoms with Crippen molar-refractivity contribution in [3.05, 3.63) is 52.3 Å². The summed E-state index contributed by atoms with van der Waals surface area (Å²) >= 11 is 11.9. The highest BCUT2D eigenvalue weighted by atomic mass is 35.5. The summed E-state index contributed by atoms with van der Waals surface area (Å²) in [5.74, 6) is 0.258. The SMILES string of the molecule is CC(C)/C(=N\Nc1cnnc(Cl)c1Cl)c1ccccc1. The van der Waals surface area contributed by atoms with Gasteiger partial charge in [0.25, 0.3) is 0 Å². The van der Waals surface area contributed by atoms with Crippen LogP contribution in [0.1, 0.15) is 19.4 Å². The van der Waals surface area contributed by atoms with Crippen molar-refractivity contribution < 1.29 is 0 Å². The lowest BCUT2D eigenvalue weighted by Crippen LogP contribution is -2.12. The molecular formula is C14H14Cl2N4. The van der Waals surface area contributed by atoms with Crippen LogP contribution in [0.25, 0.3) is 0 Å². The van der Waals surface area contributed by atoms with Gasteiger partial charge in [-0.25, -0.2) is 0 Å². The van der Waals surface area contributed by atoms with Crippen molar-refractivity contribution in [1.82, 2.24) is 10.2 Å². The molecule has 0 bridgehead atoms. The number of hydrazone groups is 1. The van der Waals surface area contributed by atoms with Crippen molar-refractivity contribution in [2.75, 3.05) is 5.43 Å². The monoisotopic (exact) mass is 308 g/mol. The molecule has 104 valence electrons. The van der Waals surface area contributed by atoms with Gasteiger partial charge < -0.3 is 0 Å².